The van der Waals surface area contributed by atoms with Crippen molar-refractivity contribution < 1.29 is 0 Å². The van der Waals surface area contributed by atoms with Gasteiger partial charge < -0.3 is 10.7 Å². The number of nitrogens with one attached hydrogen (secondary N) is 1. The van der Waals surface area contributed by atoms with Crippen LogP contribution in [0, 0.1) is 0 Å². The molecule has 1 aromatic heterocycles. The average molecular weight is 245 g/mol. The number of aromatic nitrogens is 2. The Kier molecular flexibility index (Phi) is 2.38. The molecule has 0 aliphatic heterocycles. The second kappa shape index (κ2) is 3.72. The van der Waals surface area contributed by atoms with Crippen molar-refractivity contribution >= 4 is 11.0 Å². The molecule has 1 aromatic carbocycles. The molecule has 3 N–H and O–H groups in total. The van der Waals surface area contributed by atoms with Gasteiger partial charge in [-0.15, -0.1) is 0 Å². The Hall–Kier alpha value is -1.55. The number of benzene rings is 1. The van der Waals surface area contributed by atoms with Crippen LogP contribution in [0.25, 0.3) is 11.0 Å². The number of nitrogens with two attached hydrogens (primary N) is 1. The van der Waals surface area contributed by atoms with Gasteiger partial charge in [0.2, 0.25) is 0 Å². The van der Waals surface area contributed by atoms with Crippen molar-refractivity contribution in [2.75, 3.05) is 0 Å². The summed E-state index contributed by atoms with van der Waals surface area (Å²) in [7, 11) is 0. The number of imidazole rings is 1. The SMILES string of the molecule is CC(C)n1c(=O)[nH]c2cc(C3(N)CCC3)ccc21. The van der Waals surface area contributed by atoms with Crippen LogP contribution in [-0.4, -0.2) is 9.55 Å². The minimum absolute atomic E-state index is 0.0446. The number of nitrogens with zero attached hydrogens (tertiary/aromatic N) is 1. The minimum Gasteiger partial charge on any atom is -0.321 e. The summed E-state index contributed by atoms with van der Waals surface area (Å²) >= 11 is 0. The maximum atomic E-state index is 11.9. The number of fused-ring (bicyclic) bond motifs is 1. The third kappa shape index (κ3) is 1.52. The summed E-state index contributed by atoms with van der Waals surface area (Å²) in [6.45, 7) is 4.03. The summed E-state index contributed by atoms with van der Waals surface area (Å²) < 4.78 is 1.78. The van der Waals surface area contributed by atoms with E-state index in [1.807, 2.05) is 26.0 Å². The standard InChI is InChI=1S/C14H19N3O/c1-9(2)17-12-5-4-10(14(15)6-3-7-14)8-11(12)16-13(17)18/h4-5,8-9H,3,6-7,15H2,1-2H3,(H,16,18). The molecule has 0 unspecified atom stereocenters. The van der Waals surface area contributed by atoms with Crippen LogP contribution < -0.4 is 11.4 Å². The quantitative estimate of drug-likeness (QED) is 0.852. The van der Waals surface area contributed by atoms with Gasteiger partial charge in [-0.1, -0.05) is 6.07 Å². The van der Waals surface area contributed by atoms with Crippen molar-refractivity contribution in [1.82, 2.24) is 9.55 Å². The van der Waals surface area contributed by atoms with Gasteiger partial charge in [0.15, 0.2) is 0 Å². The molecule has 1 fully saturated rings. The van der Waals surface area contributed by atoms with Crippen molar-refractivity contribution in [2.24, 2.45) is 5.73 Å². The lowest BCUT2D eigenvalue weighted by Gasteiger charge is -2.38. The number of hydrogen-bond donors (Lipinski definition) is 2. The molecule has 3 rings (SSSR count). The Morgan fingerprint density at radius 1 is 1.39 bits per heavy atom. The van der Waals surface area contributed by atoms with Gasteiger partial charge in [-0.3, -0.25) is 4.57 Å². The molecule has 0 bridgehead atoms. The van der Waals surface area contributed by atoms with Crippen LogP contribution in [0.3, 0.4) is 0 Å². The normalized spacial score (nSPS) is 18.2. The molecule has 0 radical (unpaired) electrons. The highest BCUT2D eigenvalue weighted by Gasteiger charge is 2.34. The first-order valence-corrected chi connectivity index (χ1v) is 6.55. The molecule has 1 aliphatic rings. The Labute approximate surface area is 106 Å². The first-order chi connectivity index (χ1) is 8.51. The maximum absolute atomic E-state index is 11.9. The number of H-pyrrole nitrogens is 1. The second-order valence-corrected chi connectivity index (χ2v) is 5.64. The van der Waals surface area contributed by atoms with Gasteiger partial charge in [-0.2, -0.15) is 0 Å². The summed E-state index contributed by atoms with van der Waals surface area (Å²) in [5.74, 6) is 0. The van der Waals surface area contributed by atoms with Crippen LogP contribution in [0.4, 0.5) is 0 Å². The third-order valence-corrected chi connectivity index (χ3v) is 4.05. The van der Waals surface area contributed by atoms with E-state index >= 15 is 0 Å². The fraction of sp³-hybridized carbons (Fsp3) is 0.500. The lowest BCUT2D eigenvalue weighted by atomic mass is 9.73. The van der Waals surface area contributed by atoms with Crippen molar-refractivity contribution in [3.05, 3.63) is 34.2 Å². The van der Waals surface area contributed by atoms with E-state index in [0.717, 1.165) is 29.4 Å². The highest BCUT2D eigenvalue weighted by molar-refractivity contribution is 5.76. The molecule has 1 heterocycles. The molecule has 4 heteroatoms. The largest absolute Gasteiger partial charge is 0.326 e. The first kappa shape index (κ1) is 11.5. The van der Waals surface area contributed by atoms with E-state index in [1.165, 1.54) is 6.42 Å². The first-order valence-electron chi connectivity index (χ1n) is 6.55. The van der Waals surface area contributed by atoms with Gasteiger partial charge in [-0.05, 0) is 50.8 Å². The summed E-state index contributed by atoms with van der Waals surface area (Å²) in [5, 5.41) is 0. The van der Waals surface area contributed by atoms with E-state index in [1.54, 1.807) is 4.57 Å². The summed E-state index contributed by atoms with van der Waals surface area (Å²) in [6.07, 6.45) is 3.26. The zero-order valence-corrected chi connectivity index (χ0v) is 10.9. The van der Waals surface area contributed by atoms with Gasteiger partial charge in [0.05, 0.1) is 11.0 Å². The topological polar surface area (TPSA) is 63.8 Å². The summed E-state index contributed by atoms with van der Waals surface area (Å²) in [6, 6.07) is 6.27. The van der Waals surface area contributed by atoms with Crippen molar-refractivity contribution in [2.45, 2.75) is 44.7 Å². The van der Waals surface area contributed by atoms with Crippen LogP contribution in [0.2, 0.25) is 0 Å². The fourth-order valence-corrected chi connectivity index (χ4v) is 2.80. The lowest BCUT2D eigenvalue weighted by molar-refractivity contribution is 0.254. The summed E-state index contributed by atoms with van der Waals surface area (Å²) in [4.78, 5) is 14.8. The minimum atomic E-state index is -0.176. The Morgan fingerprint density at radius 3 is 2.67 bits per heavy atom. The Bertz CT molecular complexity index is 647. The van der Waals surface area contributed by atoms with E-state index in [9.17, 15) is 4.79 Å². The van der Waals surface area contributed by atoms with Crippen molar-refractivity contribution in [3.8, 4) is 0 Å². The Morgan fingerprint density at radius 2 is 2.11 bits per heavy atom. The molecule has 1 saturated carbocycles. The molecule has 2 aromatic rings. The molecular formula is C14H19N3O. The number of hydrogen-bond acceptors (Lipinski definition) is 2. The second-order valence-electron chi connectivity index (χ2n) is 5.64. The summed E-state index contributed by atoms with van der Waals surface area (Å²) in [5.41, 5.74) is 9.09. The number of rotatable bonds is 2. The predicted molar refractivity (Wildman–Crippen MR) is 72.7 cm³/mol. The zero-order valence-electron chi connectivity index (χ0n) is 10.9. The average Bonchev–Trinajstić information content (AvgIpc) is 2.60. The van der Waals surface area contributed by atoms with Crippen LogP contribution >= 0.6 is 0 Å². The molecular weight excluding hydrogens is 226 g/mol. The van der Waals surface area contributed by atoms with Crippen molar-refractivity contribution in [3.63, 3.8) is 0 Å². The monoisotopic (exact) mass is 245 g/mol. The molecule has 0 spiro atoms. The van der Waals surface area contributed by atoms with E-state index in [0.29, 0.717) is 0 Å². The van der Waals surface area contributed by atoms with E-state index in [2.05, 4.69) is 11.1 Å². The highest BCUT2D eigenvalue weighted by atomic mass is 16.1. The maximum Gasteiger partial charge on any atom is 0.326 e. The molecule has 96 valence electrons. The lowest BCUT2D eigenvalue weighted by Crippen LogP contribution is -2.43. The zero-order chi connectivity index (χ0) is 12.9. The van der Waals surface area contributed by atoms with E-state index < -0.39 is 0 Å². The third-order valence-electron chi connectivity index (χ3n) is 4.05. The molecule has 0 atom stereocenters. The van der Waals surface area contributed by atoms with Crippen molar-refractivity contribution in [1.29, 1.82) is 0 Å². The highest BCUT2D eigenvalue weighted by Crippen LogP contribution is 2.39. The molecule has 4 nitrogen and oxygen atoms in total. The van der Waals surface area contributed by atoms with Gasteiger partial charge in [0.1, 0.15) is 0 Å². The van der Waals surface area contributed by atoms with Gasteiger partial charge in [0, 0.05) is 11.6 Å². The van der Waals surface area contributed by atoms with Gasteiger partial charge in [0.25, 0.3) is 0 Å². The van der Waals surface area contributed by atoms with Crippen LogP contribution in [-0.2, 0) is 5.54 Å². The Balaban J connectivity index is 2.17. The molecule has 0 amide bonds. The molecule has 18 heavy (non-hydrogen) atoms. The van der Waals surface area contributed by atoms with Crippen LogP contribution in [0.1, 0.15) is 44.7 Å². The smallest absolute Gasteiger partial charge is 0.321 e. The van der Waals surface area contributed by atoms with Crippen LogP contribution in [0.15, 0.2) is 23.0 Å². The van der Waals surface area contributed by atoms with Crippen LogP contribution in [0.5, 0.6) is 0 Å². The van der Waals surface area contributed by atoms with Gasteiger partial charge in [-0.25, -0.2) is 4.79 Å². The van der Waals surface area contributed by atoms with Gasteiger partial charge >= 0.3 is 5.69 Å². The molecule has 0 saturated heterocycles. The fourth-order valence-electron chi connectivity index (χ4n) is 2.80. The molecule has 1 aliphatic carbocycles. The van der Waals surface area contributed by atoms with E-state index in [-0.39, 0.29) is 17.3 Å². The predicted octanol–water partition coefficient (Wildman–Crippen LogP) is 2.25. The van der Waals surface area contributed by atoms with E-state index in [4.69, 9.17) is 5.73 Å². The number of aromatic amines is 1.